The summed E-state index contributed by atoms with van der Waals surface area (Å²) >= 11 is 0. The van der Waals surface area contributed by atoms with Crippen molar-refractivity contribution in [1.29, 1.82) is 0 Å². The monoisotopic (exact) mass is 316 g/mol. The number of carbonyl (C=O) groups is 1. The summed E-state index contributed by atoms with van der Waals surface area (Å²) in [5.41, 5.74) is 2.11. The molecule has 0 N–H and O–H groups in total. The third kappa shape index (κ3) is 3.23. The Bertz CT molecular complexity index is 790. The second-order valence-electron chi connectivity index (χ2n) is 5.86. The van der Waals surface area contributed by atoms with Crippen LogP contribution >= 0.6 is 0 Å². The Morgan fingerprint density at radius 1 is 1.30 bits per heavy atom. The minimum atomic E-state index is -0.408. The zero-order valence-corrected chi connectivity index (χ0v) is 13.4. The number of hydrogen-bond donors (Lipinski definition) is 0. The minimum absolute atomic E-state index is 0.122. The van der Waals surface area contributed by atoms with E-state index in [4.69, 9.17) is 13.9 Å². The van der Waals surface area contributed by atoms with Crippen molar-refractivity contribution in [2.45, 2.75) is 45.6 Å². The van der Waals surface area contributed by atoms with Gasteiger partial charge in [-0.15, -0.1) is 0 Å². The van der Waals surface area contributed by atoms with Gasteiger partial charge in [-0.05, 0) is 50.3 Å². The van der Waals surface area contributed by atoms with Crippen LogP contribution < -0.4 is 10.4 Å². The van der Waals surface area contributed by atoms with Crippen molar-refractivity contribution in [3.8, 4) is 5.75 Å². The first-order chi connectivity index (χ1) is 11.1. The van der Waals surface area contributed by atoms with E-state index in [-0.39, 0.29) is 18.3 Å². The van der Waals surface area contributed by atoms with Crippen LogP contribution in [0, 0.1) is 0 Å². The summed E-state index contributed by atoms with van der Waals surface area (Å²) < 4.78 is 16.0. The fourth-order valence-electron chi connectivity index (χ4n) is 2.84. The van der Waals surface area contributed by atoms with Crippen LogP contribution in [0.25, 0.3) is 11.0 Å². The van der Waals surface area contributed by atoms with E-state index in [1.165, 1.54) is 0 Å². The predicted octanol–water partition coefficient (Wildman–Crippen LogP) is 3.00. The van der Waals surface area contributed by atoms with Crippen LogP contribution in [0.5, 0.6) is 5.75 Å². The van der Waals surface area contributed by atoms with Gasteiger partial charge in [-0.2, -0.15) is 0 Å². The molecule has 0 saturated carbocycles. The molecule has 1 aromatic carbocycles. The van der Waals surface area contributed by atoms with Gasteiger partial charge in [0.15, 0.2) is 6.61 Å². The first kappa shape index (κ1) is 15.6. The van der Waals surface area contributed by atoms with Crippen LogP contribution in [0.3, 0.4) is 0 Å². The topological polar surface area (TPSA) is 65.7 Å². The third-order valence-electron chi connectivity index (χ3n) is 4.21. The number of carbonyl (C=O) groups excluding carboxylic acids is 1. The van der Waals surface area contributed by atoms with Crippen LogP contribution in [0.1, 0.15) is 37.8 Å². The van der Waals surface area contributed by atoms with Crippen molar-refractivity contribution in [2.24, 2.45) is 0 Å². The van der Waals surface area contributed by atoms with E-state index in [2.05, 4.69) is 0 Å². The van der Waals surface area contributed by atoms with Gasteiger partial charge in [0.05, 0.1) is 6.10 Å². The molecule has 3 rings (SSSR count). The molecule has 1 aromatic heterocycles. The van der Waals surface area contributed by atoms with Gasteiger partial charge < -0.3 is 13.9 Å². The molecule has 0 spiro atoms. The molecule has 0 amide bonds. The minimum Gasteiger partial charge on any atom is -0.482 e. The summed E-state index contributed by atoms with van der Waals surface area (Å²) in [7, 11) is 0. The van der Waals surface area contributed by atoms with E-state index < -0.39 is 5.97 Å². The molecule has 0 fully saturated rings. The van der Waals surface area contributed by atoms with Crippen LogP contribution in [-0.2, 0) is 22.4 Å². The first-order valence-electron chi connectivity index (χ1n) is 7.99. The van der Waals surface area contributed by atoms with E-state index in [1.807, 2.05) is 19.9 Å². The van der Waals surface area contributed by atoms with Gasteiger partial charge in [0.2, 0.25) is 0 Å². The van der Waals surface area contributed by atoms with E-state index in [0.717, 1.165) is 42.2 Å². The van der Waals surface area contributed by atoms with E-state index >= 15 is 0 Å². The quantitative estimate of drug-likeness (QED) is 0.626. The Morgan fingerprint density at radius 3 is 2.87 bits per heavy atom. The van der Waals surface area contributed by atoms with Crippen LogP contribution in [-0.4, -0.2) is 18.7 Å². The lowest BCUT2D eigenvalue weighted by Crippen LogP contribution is -2.20. The average Bonchev–Trinajstić information content (AvgIpc) is 3.03. The third-order valence-corrected chi connectivity index (χ3v) is 4.21. The van der Waals surface area contributed by atoms with Crippen LogP contribution in [0.4, 0.5) is 0 Å². The van der Waals surface area contributed by atoms with E-state index in [9.17, 15) is 9.59 Å². The Balaban J connectivity index is 1.77. The highest BCUT2D eigenvalue weighted by atomic mass is 16.6. The summed E-state index contributed by atoms with van der Waals surface area (Å²) in [5, 5.41) is 0.951. The Hall–Kier alpha value is -2.30. The number of fused-ring (bicyclic) bond motifs is 3. The smallest absolute Gasteiger partial charge is 0.344 e. The molecule has 0 radical (unpaired) electrons. The Morgan fingerprint density at radius 2 is 2.09 bits per heavy atom. The highest BCUT2D eigenvalue weighted by Crippen LogP contribution is 2.29. The fourth-order valence-corrected chi connectivity index (χ4v) is 2.84. The average molecular weight is 316 g/mol. The molecule has 5 nitrogen and oxygen atoms in total. The second-order valence-corrected chi connectivity index (χ2v) is 5.86. The molecule has 0 saturated heterocycles. The number of rotatable bonds is 5. The normalized spacial score (nSPS) is 14.5. The van der Waals surface area contributed by atoms with Crippen molar-refractivity contribution >= 4 is 16.9 Å². The molecule has 122 valence electrons. The summed E-state index contributed by atoms with van der Waals surface area (Å²) in [6.07, 6.45) is 3.31. The van der Waals surface area contributed by atoms with Crippen LogP contribution in [0.15, 0.2) is 27.4 Å². The number of benzene rings is 1. The van der Waals surface area contributed by atoms with Gasteiger partial charge in [0.25, 0.3) is 0 Å². The zero-order chi connectivity index (χ0) is 16.4. The SMILES string of the molecule is CC[C@@H](C)OC(=O)COc1ccc2c3c(c(=O)oc2c1)CCC3. The van der Waals surface area contributed by atoms with Crippen molar-refractivity contribution < 1.29 is 18.7 Å². The largest absolute Gasteiger partial charge is 0.482 e. The summed E-state index contributed by atoms with van der Waals surface area (Å²) in [4.78, 5) is 23.6. The summed E-state index contributed by atoms with van der Waals surface area (Å²) in [6.45, 7) is 3.62. The summed E-state index contributed by atoms with van der Waals surface area (Å²) in [5.74, 6) is 0.0783. The van der Waals surface area contributed by atoms with E-state index in [0.29, 0.717) is 11.3 Å². The summed E-state index contributed by atoms with van der Waals surface area (Å²) in [6, 6.07) is 5.33. The zero-order valence-electron chi connectivity index (χ0n) is 13.4. The van der Waals surface area contributed by atoms with Crippen LogP contribution in [0.2, 0.25) is 0 Å². The van der Waals surface area contributed by atoms with Gasteiger partial charge in [-0.1, -0.05) is 6.92 Å². The molecule has 1 atom stereocenters. The molecule has 2 aromatic rings. The molecule has 23 heavy (non-hydrogen) atoms. The lowest BCUT2D eigenvalue weighted by Gasteiger charge is -2.12. The van der Waals surface area contributed by atoms with Gasteiger partial charge in [0.1, 0.15) is 11.3 Å². The Kier molecular flexibility index (Phi) is 4.37. The molecule has 1 aliphatic carbocycles. The van der Waals surface area contributed by atoms with Crippen molar-refractivity contribution in [3.63, 3.8) is 0 Å². The Labute approximate surface area is 134 Å². The highest BCUT2D eigenvalue weighted by molar-refractivity contribution is 5.83. The molecule has 0 unspecified atom stereocenters. The molecular formula is C18H20O5. The fraction of sp³-hybridized carbons (Fsp3) is 0.444. The number of aryl methyl sites for hydroxylation is 1. The second kappa shape index (κ2) is 6.44. The first-order valence-corrected chi connectivity index (χ1v) is 7.99. The number of ether oxygens (including phenoxy) is 2. The van der Waals surface area contributed by atoms with Gasteiger partial charge in [-0.25, -0.2) is 9.59 Å². The number of esters is 1. The molecule has 5 heteroatoms. The number of hydrogen-bond acceptors (Lipinski definition) is 5. The highest BCUT2D eigenvalue weighted by Gasteiger charge is 2.19. The lowest BCUT2D eigenvalue weighted by atomic mass is 10.1. The predicted molar refractivity (Wildman–Crippen MR) is 85.8 cm³/mol. The molecule has 1 heterocycles. The van der Waals surface area contributed by atoms with E-state index in [1.54, 1.807) is 12.1 Å². The maximum Gasteiger partial charge on any atom is 0.344 e. The van der Waals surface area contributed by atoms with Crippen molar-refractivity contribution in [1.82, 2.24) is 0 Å². The maximum atomic E-state index is 12.0. The maximum absolute atomic E-state index is 12.0. The molecule has 1 aliphatic rings. The lowest BCUT2D eigenvalue weighted by molar-refractivity contribution is -0.150. The van der Waals surface area contributed by atoms with Gasteiger partial charge >= 0.3 is 11.6 Å². The van der Waals surface area contributed by atoms with Crippen molar-refractivity contribution in [3.05, 3.63) is 39.7 Å². The molecule has 0 bridgehead atoms. The molecular weight excluding hydrogens is 296 g/mol. The van der Waals surface area contributed by atoms with Crippen molar-refractivity contribution in [2.75, 3.05) is 6.61 Å². The van der Waals surface area contributed by atoms with Gasteiger partial charge in [0, 0.05) is 17.0 Å². The van der Waals surface area contributed by atoms with Gasteiger partial charge in [-0.3, -0.25) is 0 Å². The standard InChI is InChI=1S/C18H20O5/c1-3-11(2)22-17(19)10-21-12-7-8-14-13-5-4-6-15(13)18(20)23-16(14)9-12/h7-9,11H,3-6,10H2,1-2H3/t11-/m1/s1. The molecule has 0 aliphatic heterocycles.